The molecule has 8 rings (SSSR count). The number of carbonyl (C=O) groups is 2. The average molecular weight is 878 g/mol. The molecule has 2 aliphatic rings. The molecule has 4 aromatic heterocycles. The van der Waals surface area contributed by atoms with Crippen molar-refractivity contribution in [2.75, 3.05) is 37.8 Å². The first-order valence-electron chi connectivity index (χ1n) is 21.4. The second-order valence-electron chi connectivity index (χ2n) is 18.0. The highest BCUT2D eigenvalue weighted by molar-refractivity contribution is 7.79. The Morgan fingerprint density at radius 2 is 1.84 bits per heavy atom. The van der Waals surface area contributed by atoms with E-state index in [9.17, 15) is 18.9 Å². The fourth-order valence-corrected chi connectivity index (χ4v) is 11.6. The number of likely N-dealkylation sites (N-methyl/N-ethyl adjacent to an activating group) is 1. The summed E-state index contributed by atoms with van der Waals surface area (Å²) < 4.78 is 29.8. The summed E-state index contributed by atoms with van der Waals surface area (Å²) in [4.78, 5) is 42.4. The fraction of sp³-hybridized carbons (Fsp3) is 0.447. The number of carboxylic acids is 1. The SMILES string of the molecule is CCC1(Cn2ncc(-c3ccc(-c4cnc5cccc(C(=O)Nc6nc7ccccc7s6)c5c4)nc3C(=O)O)c2C)CC(C)C2CC(OCCN(C)CCS(=O)O)CC(C)(C2)C1. The number of anilines is 1. The molecule has 62 heavy (non-hydrogen) atoms. The number of carboxylic acid groups (broad SMARTS) is 1. The minimum Gasteiger partial charge on any atom is -0.476 e. The van der Waals surface area contributed by atoms with Crippen molar-refractivity contribution in [2.24, 2.45) is 22.7 Å². The van der Waals surface area contributed by atoms with Gasteiger partial charge in [0.05, 0.1) is 46.1 Å². The maximum atomic E-state index is 13.6. The number of fused-ring (bicyclic) bond motifs is 4. The van der Waals surface area contributed by atoms with Gasteiger partial charge in [-0.05, 0) is 118 Å². The van der Waals surface area contributed by atoms with E-state index in [-0.39, 0.29) is 34.3 Å². The molecule has 3 N–H and O–H groups in total. The number of ether oxygens (including phenoxy) is 1. The monoisotopic (exact) mass is 877 g/mol. The van der Waals surface area contributed by atoms with Gasteiger partial charge >= 0.3 is 5.97 Å². The van der Waals surface area contributed by atoms with Gasteiger partial charge in [-0.1, -0.05) is 50.3 Å². The molecule has 0 radical (unpaired) electrons. The maximum Gasteiger partial charge on any atom is 0.355 e. The predicted molar refractivity (Wildman–Crippen MR) is 245 cm³/mol. The zero-order chi connectivity index (χ0) is 43.8. The second kappa shape index (κ2) is 18.0. The number of nitrogens with zero attached hydrogens (tertiary/aromatic N) is 6. The number of hydrogen-bond donors (Lipinski definition) is 3. The first kappa shape index (κ1) is 43.7. The van der Waals surface area contributed by atoms with Crippen molar-refractivity contribution in [3.63, 3.8) is 0 Å². The number of hydrogen-bond acceptors (Lipinski definition) is 10. The Bertz CT molecular complexity index is 2620. The highest BCUT2D eigenvalue weighted by Crippen LogP contribution is 2.57. The topological polar surface area (TPSA) is 173 Å². The van der Waals surface area contributed by atoms with E-state index >= 15 is 0 Å². The minimum atomic E-state index is -1.79. The van der Waals surface area contributed by atoms with E-state index in [1.165, 1.54) is 17.8 Å². The van der Waals surface area contributed by atoms with Crippen molar-refractivity contribution >= 4 is 60.5 Å². The van der Waals surface area contributed by atoms with Gasteiger partial charge in [-0.3, -0.25) is 19.8 Å². The standard InChI is InChI=1S/C47H55N7O6S2/c1-6-47(22-29(2)31-20-33(24-46(4,23-31)27-47)60-18-16-53(5)17-19-62(58)59)28-54-30(3)37(26-49-54)34-14-15-38(50-42(34)44(56)57)32-21-36-35(10-9-12-39(36)48-25-32)43(55)52-45-51-40-11-7-8-13-41(40)61-45/h7-15,21,25-26,29,31,33H,6,16-20,22-24,27-28H2,1-5H3,(H,56,57)(H,58,59)(H,51,52,55). The number of nitrogens with one attached hydrogen (secondary N) is 1. The lowest BCUT2D eigenvalue weighted by Crippen LogP contribution is -2.39. The van der Waals surface area contributed by atoms with Gasteiger partial charge in [-0.25, -0.2) is 19.0 Å². The van der Waals surface area contributed by atoms with Gasteiger partial charge in [-0.15, -0.1) is 0 Å². The Labute approximate surface area is 368 Å². The molecule has 6 atom stereocenters. The van der Waals surface area contributed by atoms with Crippen LogP contribution in [0.25, 0.3) is 43.5 Å². The van der Waals surface area contributed by atoms with E-state index in [0.717, 1.165) is 66.7 Å². The van der Waals surface area contributed by atoms with E-state index in [0.29, 0.717) is 63.4 Å². The summed E-state index contributed by atoms with van der Waals surface area (Å²) in [6.07, 6.45) is 9.95. The number of benzene rings is 2. The molecular formula is C47H55N7O6S2. The number of amides is 1. The van der Waals surface area contributed by atoms with E-state index in [1.54, 1.807) is 36.7 Å². The molecule has 6 aromatic rings. The van der Waals surface area contributed by atoms with Crippen molar-refractivity contribution in [1.82, 2.24) is 29.6 Å². The second-order valence-corrected chi connectivity index (χ2v) is 20.1. The van der Waals surface area contributed by atoms with Crippen LogP contribution in [0.1, 0.15) is 85.8 Å². The van der Waals surface area contributed by atoms with Gasteiger partial charge in [0, 0.05) is 59.2 Å². The molecule has 1 amide bonds. The normalized spacial score (nSPS) is 23.1. The smallest absolute Gasteiger partial charge is 0.355 e. The number of aromatic carboxylic acids is 1. The van der Waals surface area contributed by atoms with Crippen molar-refractivity contribution in [3.05, 3.63) is 90.0 Å². The molecule has 2 saturated carbocycles. The highest BCUT2D eigenvalue weighted by atomic mass is 32.2. The zero-order valence-electron chi connectivity index (χ0n) is 36.0. The zero-order valence-corrected chi connectivity index (χ0v) is 37.6. The van der Waals surface area contributed by atoms with E-state index in [1.807, 2.05) is 50.4 Å². The lowest BCUT2D eigenvalue weighted by Gasteiger charge is -2.44. The molecule has 15 heteroatoms. The van der Waals surface area contributed by atoms with Crippen LogP contribution in [0.3, 0.4) is 0 Å². The van der Waals surface area contributed by atoms with Gasteiger partial charge in [0.2, 0.25) is 0 Å². The van der Waals surface area contributed by atoms with E-state index in [2.05, 4.69) is 50.6 Å². The number of carbonyl (C=O) groups excluding carboxylic acids is 1. The van der Waals surface area contributed by atoms with Crippen LogP contribution in [0.4, 0.5) is 5.13 Å². The molecule has 4 heterocycles. The number of pyridine rings is 2. The largest absolute Gasteiger partial charge is 0.476 e. The Hall–Kier alpha value is -4.93. The average Bonchev–Trinajstić information content (AvgIpc) is 3.81. The highest BCUT2D eigenvalue weighted by Gasteiger charge is 2.49. The number of para-hydroxylation sites is 1. The summed E-state index contributed by atoms with van der Waals surface area (Å²) in [6.45, 7) is 11.7. The molecule has 0 spiro atoms. The molecule has 2 aromatic carbocycles. The third kappa shape index (κ3) is 9.37. The van der Waals surface area contributed by atoms with Gasteiger partial charge in [0.25, 0.3) is 5.91 Å². The van der Waals surface area contributed by atoms with Crippen molar-refractivity contribution in [2.45, 2.75) is 78.9 Å². The summed E-state index contributed by atoms with van der Waals surface area (Å²) >= 11 is -0.391. The molecule has 2 bridgehead atoms. The summed E-state index contributed by atoms with van der Waals surface area (Å²) in [5.74, 6) is -0.164. The van der Waals surface area contributed by atoms with Gasteiger partial charge < -0.3 is 19.3 Å². The Kier molecular flexibility index (Phi) is 12.7. The molecule has 6 unspecified atom stereocenters. The van der Waals surface area contributed by atoms with Crippen LogP contribution < -0.4 is 5.32 Å². The Balaban J connectivity index is 1.01. The first-order valence-corrected chi connectivity index (χ1v) is 23.5. The number of rotatable bonds is 15. The Morgan fingerprint density at radius 1 is 1.03 bits per heavy atom. The minimum absolute atomic E-state index is 0.00299. The van der Waals surface area contributed by atoms with Gasteiger partial charge in [-0.2, -0.15) is 5.10 Å². The van der Waals surface area contributed by atoms with Crippen LogP contribution in [0, 0.1) is 29.6 Å². The number of aromatic nitrogens is 5. The van der Waals surface area contributed by atoms with Crippen LogP contribution in [-0.2, 0) is 22.4 Å². The van der Waals surface area contributed by atoms with Crippen molar-refractivity contribution in [3.8, 4) is 22.4 Å². The lowest BCUT2D eigenvalue weighted by molar-refractivity contribution is -0.0445. The number of thiazole rings is 1. The summed E-state index contributed by atoms with van der Waals surface area (Å²) in [7, 11) is 1.96. The third-order valence-electron chi connectivity index (χ3n) is 13.4. The molecule has 326 valence electrons. The van der Waals surface area contributed by atoms with E-state index < -0.39 is 17.0 Å². The van der Waals surface area contributed by atoms with Crippen LogP contribution in [-0.4, -0.2) is 94.0 Å². The lowest BCUT2D eigenvalue weighted by atomic mass is 9.64. The predicted octanol–water partition coefficient (Wildman–Crippen LogP) is 9.20. The van der Waals surface area contributed by atoms with Gasteiger partial charge in [0.1, 0.15) is 0 Å². The van der Waals surface area contributed by atoms with Crippen LogP contribution >= 0.6 is 11.3 Å². The quantitative estimate of drug-likeness (QED) is 0.0840. The summed E-state index contributed by atoms with van der Waals surface area (Å²) in [5.41, 5.74) is 5.01. The molecule has 0 saturated heterocycles. The van der Waals surface area contributed by atoms with Gasteiger partial charge in [0.15, 0.2) is 21.9 Å². The van der Waals surface area contributed by atoms with Crippen LogP contribution in [0.15, 0.2) is 73.1 Å². The fourth-order valence-electron chi connectivity index (χ4n) is 10.3. The molecule has 2 aliphatic carbocycles. The third-order valence-corrected chi connectivity index (χ3v) is 14.9. The van der Waals surface area contributed by atoms with Crippen molar-refractivity contribution in [1.29, 1.82) is 0 Å². The van der Waals surface area contributed by atoms with Crippen LogP contribution in [0.2, 0.25) is 0 Å². The van der Waals surface area contributed by atoms with E-state index in [4.69, 9.17) is 14.4 Å². The maximum absolute atomic E-state index is 13.6. The molecule has 13 nitrogen and oxygen atoms in total. The first-order chi connectivity index (χ1) is 29.7. The summed E-state index contributed by atoms with van der Waals surface area (Å²) in [6, 6.07) is 18.5. The Morgan fingerprint density at radius 3 is 2.61 bits per heavy atom. The van der Waals surface area contributed by atoms with Crippen molar-refractivity contribution < 1.29 is 28.2 Å². The molecule has 0 aliphatic heterocycles. The molecule has 2 fully saturated rings. The summed E-state index contributed by atoms with van der Waals surface area (Å²) in [5, 5.41) is 19.5. The van der Waals surface area contributed by atoms with Crippen LogP contribution in [0.5, 0.6) is 0 Å². The molecular weight excluding hydrogens is 823 g/mol.